The predicted molar refractivity (Wildman–Crippen MR) is 114 cm³/mol. The second kappa shape index (κ2) is 7.30. The summed E-state index contributed by atoms with van der Waals surface area (Å²) in [5, 5.41) is 0. The monoisotopic (exact) mass is 423 g/mol. The van der Waals surface area contributed by atoms with Crippen LogP contribution in [0, 0.1) is 5.92 Å². The van der Waals surface area contributed by atoms with Crippen molar-refractivity contribution in [2.24, 2.45) is 11.7 Å². The molecule has 0 bridgehead atoms. The Morgan fingerprint density at radius 2 is 1.77 bits per heavy atom. The summed E-state index contributed by atoms with van der Waals surface area (Å²) < 4.78 is 10.6. The van der Waals surface area contributed by atoms with Crippen molar-refractivity contribution in [2.75, 3.05) is 32.7 Å². The van der Waals surface area contributed by atoms with Crippen LogP contribution in [-0.2, 0) is 9.59 Å². The molecule has 8 heteroatoms. The number of nitrogens with two attached hydrogens (primary N) is 1. The van der Waals surface area contributed by atoms with Crippen LogP contribution < -0.4 is 20.1 Å². The van der Waals surface area contributed by atoms with Gasteiger partial charge in [0.1, 0.15) is 5.54 Å². The Balaban J connectivity index is 1.84. The zero-order valence-electron chi connectivity index (χ0n) is 17.9. The number of benzene rings is 2. The van der Waals surface area contributed by atoms with Crippen LogP contribution in [0.2, 0.25) is 0 Å². The number of rotatable bonds is 4. The molecule has 3 amide bonds. The second-order valence-electron chi connectivity index (χ2n) is 8.04. The number of nitrogens with zero attached hydrogens (tertiary/aromatic N) is 2. The van der Waals surface area contributed by atoms with Crippen molar-refractivity contribution in [3.63, 3.8) is 0 Å². The normalized spacial score (nSPS) is 24.5. The third-order valence-corrected chi connectivity index (χ3v) is 6.56. The Labute approximate surface area is 180 Å². The lowest BCUT2D eigenvalue weighted by molar-refractivity contribution is -0.128. The van der Waals surface area contributed by atoms with Gasteiger partial charge in [-0.2, -0.15) is 0 Å². The van der Waals surface area contributed by atoms with Gasteiger partial charge in [0, 0.05) is 30.8 Å². The smallest absolute Gasteiger partial charge is 0.254 e. The van der Waals surface area contributed by atoms with E-state index in [1.165, 1.54) is 19.1 Å². The molecule has 3 atom stereocenters. The van der Waals surface area contributed by atoms with Crippen molar-refractivity contribution in [1.29, 1.82) is 0 Å². The van der Waals surface area contributed by atoms with Crippen LogP contribution in [0.15, 0.2) is 42.5 Å². The molecule has 4 rings (SSSR count). The fraction of sp³-hybridized carbons (Fsp3) is 0.348. The highest BCUT2D eigenvalue weighted by atomic mass is 16.5. The molecule has 2 aliphatic rings. The molecule has 0 radical (unpaired) electrons. The number of likely N-dealkylation sites (N-methyl/N-ethyl adjacent to an activating group) is 1. The summed E-state index contributed by atoms with van der Waals surface area (Å²) in [6.45, 7) is 1.77. The topological polar surface area (TPSA) is 102 Å². The molecule has 2 heterocycles. The number of likely N-dealkylation sites (tertiary alicyclic amines) is 1. The van der Waals surface area contributed by atoms with E-state index < -0.39 is 23.3 Å². The minimum atomic E-state index is -1.26. The summed E-state index contributed by atoms with van der Waals surface area (Å²) in [6, 6.07) is 12.3. The van der Waals surface area contributed by atoms with E-state index in [0.717, 1.165) is 11.3 Å². The average molecular weight is 423 g/mol. The summed E-state index contributed by atoms with van der Waals surface area (Å²) >= 11 is 0. The zero-order chi connectivity index (χ0) is 22.5. The number of primary amides is 1. The van der Waals surface area contributed by atoms with E-state index in [1.807, 2.05) is 24.3 Å². The molecule has 0 spiro atoms. The minimum Gasteiger partial charge on any atom is -0.493 e. The first kappa shape index (κ1) is 20.7. The van der Waals surface area contributed by atoms with Gasteiger partial charge in [-0.15, -0.1) is 0 Å². The fourth-order valence-electron chi connectivity index (χ4n) is 5.00. The van der Waals surface area contributed by atoms with Gasteiger partial charge in [-0.1, -0.05) is 18.2 Å². The molecule has 2 aromatic carbocycles. The molecule has 0 unspecified atom stereocenters. The Hall–Kier alpha value is -3.55. The van der Waals surface area contributed by atoms with E-state index in [2.05, 4.69) is 0 Å². The second-order valence-corrected chi connectivity index (χ2v) is 8.04. The first-order valence-corrected chi connectivity index (χ1v) is 9.96. The molecule has 0 aliphatic carbocycles. The molecule has 2 aromatic rings. The van der Waals surface area contributed by atoms with Crippen molar-refractivity contribution >= 4 is 23.4 Å². The van der Waals surface area contributed by atoms with Gasteiger partial charge < -0.3 is 25.0 Å². The maximum absolute atomic E-state index is 13.6. The quantitative estimate of drug-likeness (QED) is 0.808. The van der Waals surface area contributed by atoms with Gasteiger partial charge >= 0.3 is 0 Å². The molecule has 1 fully saturated rings. The maximum Gasteiger partial charge on any atom is 0.254 e. The summed E-state index contributed by atoms with van der Waals surface area (Å²) in [4.78, 5) is 42.6. The Morgan fingerprint density at radius 1 is 1.10 bits per heavy atom. The summed E-state index contributed by atoms with van der Waals surface area (Å²) in [5.74, 6) is -1.50. The lowest BCUT2D eigenvalue weighted by Crippen LogP contribution is -2.60. The van der Waals surface area contributed by atoms with Gasteiger partial charge in [0.15, 0.2) is 11.5 Å². The van der Waals surface area contributed by atoms with Crippen LogP contribution in [0.3, 0.4) is 0 Å². The van der Waals surface area contributed by atoms with E-state index in [-0.39, 0.29) is 18.4 Å². The number of hydrogen-bond donors (Lipinski definition) is 1. The van der Waals surface area contributed by atoms with Gasteiger partial charge in [-0.25, -0.2) is 0 Å². The average Bonchev–Trinajstić information content (AvgIpc) is 3.11. The fourth-order valence-corrected chi connectivity index (χ4v) is 5.00. The van der Waals surface area contributed by atoms with Crippen molar-refractivity contribution in [3.05, 3.63) is 53.6 Å². The molecular formula is C23H25N3O5. The first-order chi connectivity index (χ1) is 14.7. The van der Waals surface area contributed by atoms with E-state index in [1.54, 1.807) is 37.1 Å². The molecular weight excluding hydrogens is 398 g/mol. The van der Waals surface area contributed by atoms with Crippen LogP contribution in [0.4, 0.5) is 5.69 Å². The number of anilines is 1. The van der Waals surface area contributed by atoms with Gasteiger partial charge in [-0.3, -0.25) is 14.4 Å². The number of carbonyl (C=O) groups is 3. The Kier molecular flexibility index (Phi) is 4.88. The van der Waals surface area contributed by atoms with Crippen molar-refractivity contribution in [2.45, 2.75) is 18.4 Å². The molecule has 162 valence electrons. The van der Waals surface area contributed by atoms with Gasteiger partial charge in [0.2, 0.25) is 5.91 Å². The van der Waals surface area contributed by atoms with E-state index in [0.29, 0.717) is 17.1 Å². The number of para-hydroxylation sites is 1. The molecule has 2 aliphatic heterocycles. The van der Waals surface area contributed by atoms with Crippen LogP contribution >= 0.6 is 0 Å². The highest BCUT2D eigenvalue weighted by Gasteiger charge is 2.62. The van der Waals surface area contributed by atoms with Gasteiger partial charge in [-0.05, 0) is 36.8 Å². The highest BCUT2D eigenvalue weighted by Crippen LogP contribution is 2.52. The van der Waals surface area contributed by atoms with Gasteiger partial charge in [0.05, 0.1) is 20.1 Å². The van der Waals surface area contributed by atoms with Crippen molar-refractivity contribution < 1.29 is 23.9 Å². The lowest BCUT2D eigenvalue weighted by Gasteiger charge is -2.45. The van der Waals surface area contributed by atoms with Crippen LogP contribution in [0.25, 0.3) is 0 Å². The Bertz CT molecular complexity index is 1080. The number of methoxy groups -OCH3 is 2. The predicted octanol–water partition coefficient (Wildman–Crippen LogP) is 1.78. The van der Waals surface area contributed by atoms with Gasteiger partial charge in [0.25, 0.3) is 11.8 Å². The highest BCUT2D eigenvalue weighted by molar-refractivity contribution is 6.09. The number of amides is 3. The standard InChI is InChI=1S/C23H25N3O5/c1-23-19(14-7-5-6-8-16(14)25(2)22(23)29)15(20(24)27)12-26(23)21(28)13-9-10-17(30-3)18(11-13)31-4/h5-11,15,19H,12H2,1-4H3,(H2,24,27)/t15-,19+,23-/m0/s1. The van der Waals surface area contributed by atoms with Crippen molar-refractivity contribution in [1.82, 2.24) is 4.90 Å². The summed E-state index contributed by atoms with van der Waals surface area (Å²) in [7, 11) is 4.68. The Morgan fingerprint density at radius 3 is 2.42 bits per heavy atom. The first-order valence-electron chi connectivity index (χ1n) is 9.96. The number of fused-ring (bicyclic) bond motifs is 3. The van der Waals surface area contributed by atoms with E-state index in [9.17, 15) is 14.4 Å². The maximum atomic E-state index is 13.6. The third kappa shape index (κ3) is 2.85. The SMILES string of the molecule is COc1ccc(C(=O)N2C[C@H](C(N)=O)[C@H]3c4ccccc4N(C)C(=O)[C@]32C)cc1OC. The molecule has 8 nitrogen and oxygen atoms in total. The molecule has 1 saturated heterocycles. The molecule has 0 saturated carbocycles. The zero-order valence-corrected chi connectivity index (χ0v) is 17.9. The summed E-state index contributed by atoms with van der Waals surface area (Å²) in [6.07, 6.45) is 0. The molecule has 2 N–H and O–H groups in total. The molecule has 31 heavy (non-hydrogen) atoms. The number of hydrogen-bond acceptors (Lipinski definition) is 5. The van der Waals surface area contributed by atoms with Crippen LogP contribution in [0.5, 0.6) is 11.5 Å². The van der Waals surface area contributed by atoms with Crippen LogP contribution in [0.1, 0.15) is 28.8 Å². The number of ether oxygens (including phenoxy) is 2. The van der Waals surface area contributed by atoms with E-state index >= 15 is 0 Å². The summed E-state index contributed by atoms with van der Waals surface area (Å²) in [5.41, 5.74) is 6.38. The van der Waals surface area contributed by atoms with Crippen LogP contribution in [-0.4, -0.2) is 56.0 Å². The number of carbonyl (C=O) groups excluding carboxylic acids is 3. The largest absolute Gasteiger partial charge is 0.493 e. The minimum absolute atomic E-state index is 0.0532. The lowest BCUT2D eigenvalue weighted by atomic mass is 9.72. The van der Waals surface area contributed by atoms with Crippen molar-refractivity contribution in [3.8, 4) is 11.5 Å². The van der Waals surface area contributed by atoms with E-state index in [4.69, 9.17) is 15.2 Å². The third-order valence-electron chi connectivity index (χ3n) is 6.56. The molecule has 0 aromatic heterocycles.